The number of nitrogens with one attached hydrogen (secondary N) is 3. The molecule has 0 aromatic carbocycles. The molecule has 0 rings (SSSR count). The molecule has 0 spiro atoms. The maximum absolute atomic E-state index is 12.2. The number of aliphatic hydroxyl groups is 3. The van der Waals surface area contributed by atoms with E-state index in [9.17, 15) is 39.3 Å². The lowest BCUT2D eigenvalue weighted by atomic mass is 10.0. The van der Waals surface area contributed by atoms with E-state index in [1.165, 1.54) is 6.92 Å². The van der Waals surface area contributed by atoms with Crippen LogP contribution in [0.2, 0.25) is 0 Å². The van der Waals surface area contributed by atoms with Gasteiger partial charge in [-0.2, -0.15) is 0 Å². The summed E-state index contributed by atoms with van der Waals surface area (Å²) in [5.74, 6) is -3.68. The largest absolute Gasteiger partial charge is 0.394 e. The minimum Gasteiger partial charge on any atom is -0.394 e. The third-order valence-corrected chi connectivity index (χ3v) is 4.28. The third kappa shape index (κ3) is 9.26. The molecule has 3 atom stereocenters. The molecule has 0 fully saturated rings. The van der Waals surface area contributed by atoms with Crippen LogP contribution in [0.3, 0.4) is 0 Å². The van der Waals surface area contributed by atoms with E-state index < -0.39 is 67.4 Å². The molecule has 0 aliphatic carbocycles. The molecule has 0 radical (unpaired) electrons. The highest BCUT2D eigenvalue weighted by Crippen LogP contribution is 2.01. The Labute approximate surface area is 166 Å². The van der Waals surface area contributed by atoms with Gasteiger partial charge in [-0.25, -0.2) is 0 Å². The van der Waals surface area contributed by atoms with Crippen molar-refractivity contribution in [3.05, 3.63) is 0 Å². The molecular formula is C16H27N3O8S. The van der Waals surface area contributed by atoms with Crippen LogP contribution in [0.15, 0.2) is 0 Å². The highest BCUT2D eigenvalue weighted by molar-refractivity contribution is 8.14. The van der Waals surface area contributed by atoms with E-state index in [0.29, 0.717) is 0 Å². The van der Waals surface area contributed by atoms with Gasteiger partial charge in [0, 0.05) is 12.8 Å². The van der Waals surface area contributed by atoms with Crippen LogP contribution in [0.5, 0.6) is 0 Å². The van der Waals surface area contributed by atoms with Gasteiger partial charge in [0.25, 0.3) is 0 Å². The minimum atomic E-state index is -1.47. The molecule has 0 heterocycles. The van der Waals surface area contributed by atoms with Crippen LogP contribution in [-0.2, 0) is 24.0 Å². The molecule has 6 N–H and O–H groups in total. The molecule has 3 amide bonds. The number of hydrogen-bond donors (Lipinski definition) is 6. The monoisotopic (exact) mass is 421 g/mol. The Morgan fingerprint density at radius 2 is 1.21 bits per heavy atom. The average Bonchev–Trinajstić information content (AvgIpc) is 2.65. The number of ketones is 1. The molecule has 1 unspecified atom stereocenters. The summed E-state index contributed by atoms with van der Waals surface area (Å²) in [6.45, 7) is 2.17. The minimum absolute atomic E-state index is 0.251. The molecule has 0 aliphatic heterocycles. The van der Waals surface area contributed by atoms with Crippen molar-refractivity contribution in [2.45, 2.75) is 38.9 Å². The van der Waals surface area contributed by atoms with E-state index in [0.717, 1.165) is 11.8 Å². The van der Waals surface area contributed by atoms with E-state index >= 15 is 0 Å². The number of carbonyl (C=O) groups is 5. The second-order valence-corrected chi connectivity index (χ2v) is 7.28. The fourth-order valence-corrected chi connectivity index (χ4v) is 2.36. The van der Waals surface area contributed by atoms with Crippen LogP contribution in [0.4, 0.5) is 0 Å². The summed E-state index contributed by atoms with van der Waals surface area (Å²) in [6, 6.07) is -4.08. The Hall–Kier alpha value is -2.02. The van der Waals surface area contributed by atoms with E-state index in [4.69, 9.17) is 0 Å². The van der Waals surface area contributed by atoms with Crippen LogP contribution in [0.1, 0.15) is 20.8 Å². The van der Waals surface area contributed by atoms with Crippen LogP contribution in [0, 0.1) is 5.92 Å². The third-order valence-electron chi connectivity index (χ3n) is 3.47. The van der Waals surface area contributed by atoms with E-state index in [1.54, 1.807) is 13.8 Å². The molecule has 11 nitrogen and oxygen atoms in total. The maximum Gasteiger partial charge on any atom is 0.245 e. The van der Waals surface area contributed by atoms with Gasteiger partial charge < -0.3 is 31.3 Å². The number of hydrogen-bond acceptors (Lipinski definition) is 9. The molecule has 0 aliphatic rings. The molecular weight excluding hydrogens is 394 g/mol. The second kappa shape index (κ2) is 13.2. The zero-order valence-electron chi connectivity index (χ0n) is 15.9. The van der Waals surface area contributed by atoms with Crippen molar-refractivity contribution in [3.8, 4) is 0 Å². The summed E-state index contributed by atoms with van der Waals surface area (Å²) in [5.41, 5.74) is 0. The van der Waals surface area contributed by atoms with Gasteiger partial charge in [0.1, 0.15) is 18.1 Å². The van der Waals surface area contributed by atoms with Gasteiger partial charge in [-0.05, 0) is 0 Å². The van der Waals surface area contributed by atoms with Crippen LogP contribution in [-0.4, -0.2) is 87.6 Å². The van der Waals surface area contributed by atoms with Gasteiger partial charge >= 0.3 is 0 Å². The molecule has 0 aromatic rings. The van der Waals surface area contributed by atoms with Crippen LogP contribution < -0.4 is 16.0 Å². The Morgan fingerprint density at radius 3 is 1.61 bits per heavy atom. The second-order valence-electron chi connectivity index (χ2n) is 6.13. The highest BCUT2D eigenvalue weighted by atomic mass is 32.2. The molecule has 12 heteroatoms. The number of carbonyl (C=O) groups excluding carboxylic acids is 5. The maximum atomic E-state index is 12.2. The van der Waals surface area contributed by atoms with Crippen LogP contribution in [0.25, 0.3) is 0 Å². The summed E-state index contributed by atoms with van der Waals surface area (Å²) < 4.78 is 0. The number of thioether (sulfide) groups is 1. The Bertz CT molecular complexity index is 584. The van der Waals surface area contributed by atoms with Gasteiger partial charge in [-0.15, -0.1) is 0 Å². The van der Waals surface area contributed by atoms with Crippen molar-refractivity contribution >= 4 is 40.4 Å². The molecule has 28 heavy (non-hydrogen) atoms. The Morgan fingerprint density at radius 1 is 0.786 bits per heavy atom. The van der Waals surface area contributed by atoms with Gasteiger partial charge in [-0.3, -0.25) is 24.0 Å². The van der Waals surface area contributed by atoms with E-state index in [2.05, 4.69) is 16.0 Å². The lowest BCUT2D eigenvalue weighted by molar-refractivity contribution is -0.135. The van der Waals surface area contributed by atoms with E-state index in [-0.39, 0.29) is 10.9 Å². The molecule has 0 bridgehead atoms. The first-order chi connectivity index (χ1) is 13.1. The fraction of sp³-hybridized carbons (Fsp3) is 0.688. The number of rotatable bonds is 12. The van der Waals surface area contributed by atoms with Crippen molar-refractivity contribution in [1.29, 1.82) is 0 Å². The van der Waals surface area contributed by atoms with Gasteiger partial charge in [0.2, 0.25) is 17.7 Å². The normalized spacial score (nSPS) is 14.0. The lowest BCUT2D eigenvalue weighted by Crippen LogP contribution is -2.58. The highest BCUT2D eigenvalue weighted by Gasteiger charge is 2.29. The first-order valence-electron chi connectivity index (χ1n) is 8.47. The SMILES string of the molecule is CC(=O)SCC(=O)N[C@@H](CO)C(=O)NC(CO)C(=O)N[C@@H](CO)C(=O)C(C)C. The lowest BCUT2D eigenvalue weighted by Gasteiger charge is -2.23. The fourth-order valence-electron chi connectivity index (χ4n) is 1.95. The zero-order valence-corrected chi connectivity index (χ0v) is 16.7. The van der Waals surface area contributed by atoms with Crippen molar-refractivity contribution in [3.63, 3.8) is 0 Å². The average molecular weight is 421 g/mol. The Kier molecular flexibility index (Phi) is 12.3. The number of Topliss-reactive ketones (excluding diaryl/α,β-unsaturated/α-hetero) is 1. The van der Waals surface area contributed by atoms with Gasteiger partial charge in [0.15, 0.2) is 10.9 Å². The van der Waals surface area contributed by atoms with Crippen molar-refractivity contribution < 1.29 is 39.3 Å². The first-order valence-corrected chi connectivity index (χ1v) is 9.45. The quantitative estimate of drug-likeness (QED) is 0.190. The Balaban J connectivity index is 4.89. The summed E-state index contributed by atoms with van der Waals surface area (Å²) in [7, 11) is 0. The smallest absolute Gasteiger partial charge is 0.245 e. The standard InChI is InChI=1S/C16H27N3O8S/c1-8(2)14(25)10(4-20)18-16(27)12(6-22)19-15(26)11(5-21)17-13(24)7-28-9(3)23/h8,10-12,20-22H,4-7H2,1-3H3,(H,17,24)(H,18,27)(H,19,26)/t10-,11-,12?/m0/s1. The summed E-state index contributed by atoms with van der Waals surface area (Å²) in [5, 5.41) is 34.1. The zero-order chi connectivity index (χ0) is 21.9. The summed E-state index contributed by atoms with van der Waals surface area (Å²) >= 11 is 0.717. The topological polar surface area (TPSA) is 182 Å². The summed E-state index contributed by atoms with van der Waals surface area (Å²) in [4.78, 5) is 58.7. The number of amides is 3. The van der Waals surface area contributed by atoms with Gasteiger partial charge in [-0.1, -0.05) is 25.6 Å². The predicted molar refractivity (Wildman–Crippen MR) is 100 cm³/mol. The predicted octanol–water partition coefficient (Wildman–Crippen LogP) is -3.08. The van der Waals surface area contributed by atoms with Crippen molar-refractivity contribution in [2.24, 2.45) is 5.92 Å². The molecule has 0 saturated carbocycles. The van der Waals surface area contributed by atoms with Gasteiger partial charge in [0.05, 0.1) is 25.6 Å². The van der Waals surface area contributed by atoms with Crippen molar-refractivity contribution in [2.75, 3.05) is 25.6 Å². The molecule has 0 saturated heterocycles. The van der Waals surface area contributed by atoms with Crippen LogP contribution >= 0.6 is 11.8 Å². The number of aliphatic hydroxyl groups excluding tert-OH is 3. The molecule has 160 valence electrons. The molecule has 0 aromatic heterocycles. The van der Waals surface area contributed by atoms with E-state index in [1.807, 2.05) is 0 Å². The van der Waals surface area contributed by atoms with Crippen molar-refractivity contribution in [1.82, 2.24) is 16.0 Å². The first kappa shape index (κ1) is 26.0. The summed E-state index contributed by atoms with van der Waals surface area (Å²) in [6.07, 6.45) is 0.